The lowest BCUT2D eigenvalue weighted by atomic mass is 10.1. The highest BCUT2D eigenvalue weighted by molar-refractivity contribution is 9.10. The van der Waals surface area contributed by atoms with Gasteiger partial charge in [0.05, 0.1) is 0 Å². The number of para-hydroxylation sites is 1. The van der Waals surface area contributed by atoms with Gasteiger partial charge >= 0.3 is 0 Å². The van der Waals surface area contributed by atoms with Crippen LogP contribution in [0.2, 0.25) is 0 Å². The molecule has 4 rings (SSSR count). The molecular formula is C24H24BrN3O. The fraction of sp³-hybridized carbons (Fsp3) is 0.208. The highest BCUT2D eigenvalue weighted by atomic mass is 79.9. The molecule has 1 aliphatic rings. The van der Waals surface area contributed by atoms with E-state index in [0.717, 1.165) is 42.9 Å². The van der Waals surface area contributed by atoms with Crippen molar-refractivity contribution in [3.05, 3.63) is 94.5 Å². The number of halogens is 1. The van der Waals surface area contributed by atoms with Gasteiger partial charge in [-0.3, -0.25) is 9.69 Å². The first-order chi connectivity index (χ1) is 14.2. The zero-order chi connectivity index (χ0) is 20.1. The van der Waals surface area contributed by atoms with E-state index in [4.69, 9.17) is 0 Å². The Morgan fingerprint density at radius 2 is 1.48 bits per heavy atom. The van der Waals surface area contributed by atoms with Crippen LogP contribution in [0.25, 0.3) is 0 Å². The Morgan fingerprint density at radius 3 is 2.14 bits per heavy atom. The molecule has 148 valence electrons. The maximum atomic E-state index is 12.4. The van der Waals surface area contributed by atoms with Gasteiger partial charge in [-0.15, -0.1) is 0 Å². The topological polar surface area (TPSA) is 35.6 Å². The van der Waals surface area contributed by atoms with E-state index in [-0.39, 0.29) is 5.91 Å². The summed E-state index contributed by atoms with van der Waals surface area (Å²) >= 11 is 3.40. The number of carbonyl (C=O) groups is 1. The van der Waals surface area contributed by atoms with Gasteiger partial charge in [-0.1, -0.05) is 46.3 Å². The highest BCUT2D eigenvalue weighted by Gasteiger charge is 2.17. The number of anilines is 2. The number of hydrogen-bond acceptors (Lipinski definition) is 3. The summed E-state index contributed by atoms with van der Waals surface area (Å²) in [6.45, 7) is 5.08. The maximum absolute atomic E-state index is 12.4. The first-order valence-corrected chi connectivity index (χ1v) is 10.6. The molecule has 0 unspecified atom stereocenters. The van der Waals surface area contributed by atoms with Crippen LogP contribution >= 0.6 is 15.9 Å². The molecule has 0 aromatic heterocycles. The van der Waals surface area contributed by atoms with Crippen molar-refractivity contribution in [3.63, 3.8) is 0 Å². The van der Waals surface area contributed by atoms with Gasteiger partial charge in [-0.25, -0.2) is 0 Å². The van der Waals surface area contributed by atoms with Crippen LogP contribution in [-0.4, -0.2) is 37.0 Å². The number of hydrogen-bond donors (Lipinski definition) is 1. The van der Waals surface area contributed by atoms with Crippen molar-refractivity contribution in [2.75, 3.05) is 36.4 Å². The van der Waals surface area contributed by atoms with Crippen LogP contribution < -0.4 is 10.2 Å². The minimum absolute atomic E-state index is 0.0876. The number of carbonyl (C=O) groups excluding carboxylic acids is 1. The molecule has 0 atom stereocenters. The molecule has 3 aromatic carbocycles. The third kappa shape index (κ3) is 5.25. The minimum atomic E-state index is -0.0876. The Labute approximate surface area is 180 Å². The lowest BCUT2D eigenvalue weighted by Gasteiger charge is -2.36. The molecule has 0 bridgehead atoms. The summed E-state index contributed by atoms with van der Waals surface area (Å²) in [5.74, 6) is -0.0876. The summed E-state index contributed by atoms with van der Waals surface area (Å²) in [7, 11) is 0. The Balaban J connectivity index is 1.29. The Bertz CT molecular complexity index is 934. The van der Waals surface area contributed by atoms with E-state index in [1.165, 1.54) is 11.3 Å². The maximum Gasteiger partial charge on any atom is 0.255 e. The van der Waals surface area contributed by atoms with E-state index in [0.29, 0.717) is 5.56 Å². The largest absolute Gasteiger partial charge is 0.369 e. The lowest BCUT2D eigenvalue weighted by molar-refractivity contribution is 0.102. The third-order valence-corrected chi connectivity index (χ3v) is 5.75. The van der Waals surface area contributed by atoms with Crippen LogP contribution in [0.5, 0.6) is 0 Å². The summed E-state index contributed by atoms with van der Waals surface area (Å²) in [6.07, 6.45) is 0. The second-order valence-electron chi connectivity index (χ2n) is 7.26. The molecule has 1 heterocycles. The van der Waals surface area contributed by atoms with Gasteiger partial charge in [-0.2, -0.15) is 0 Å². The van der Waals surface area contributed by atoms with Crippen LogP contribution in [0.15, 0.2) is 83.3 Å². The standard InChI is InChI=1S/C24H24BrN3O/c25-21-10-12-22(13-11-21)26-24(29)20-8-6-19(7-9-20)18-27-14-16-28(17-15-27)23-4-2-1-3-5-23/h1-13H,14-18H2,(H,26,29). The van der Waals surface area contributed by atoms with Gasteiger partial charge in [-0.05, 0) is 54.1 Å². The molecule has 29 heavy (non-hydrogen) atoms. The smallest absolute Gasteiger partial charge is 0.255 e. The lowest BCUT2D eigenvalue weighted by Crippen LogP contribution is -2.45. The second-order valence-corrected chi connectivity index (χ2v) is 8.17. The van der Waals surface area contributed by atoms with Crippen molar-refractivity contribution >= 4 is 33.2 Å². The van der Waals surface area contributed by atoms with Crippen molar-refractivity contribution in [2.45, 2.75) is 6.54 Å². The van der Waals surface area contributed by atoms with Crippen LogP contribution in [0, 0.1) is 0 Å². The predicted octanol–water partition coefficient (Wildman–Crippen LogP) is 5.02. The molecule has 3 aromatic rings. The van der Waals surface area contributed by atoms with Crippen LogP contribution in [0.4, 0.5) is 11.4 Å². The summed E-state index contributed by atoms with van der Waals surface area (Å²) in [6, 6.07) is 26.1. The average molecular weight is 450 g/mol. The Hall–Kier alpha value is -2.63. The van der Waals surface area contributed by atoms with Gasteiger partial charge in [0.15, 0.2) is 0 Å². The van der Waals surface area contributed by atoms with Crippen molar-refractivity contribution < 1.29 is 4.79 Å². The summed E-state index contributed by atoms with van der Waals surface area (Å²) in [5.41, 5.74) is 4.00. The van der Waals surface area contributed by atoms with Crippen LogP contribution in [-0.2, 0) is 6.54 Å². The van der Waals surface area contributed by atoms with E-state index in [9.17, 15) is 4.79 Å². The van der Waals surface area contributed by atoms with E-state index < -0.39 is 0 Å². The number of amides is 1. The molecule has 1 N–H and O–H groups in total. The minimum Gasteiger partial charge on any atom is -0.369 e. The first-order valence-electron chi connectivity index (χ1n) is 9.85. The Kier molecular flexibility index (Phi) is 6.27. The van der Waals surface area contributed by atoms with Gasteiger partial charge in [0, 0.05) is 54.1 Å². The molecule has 5 heteroatoms. The summed E-state index contributed by atoms with van der Waals surface area (Å²) in [5, 5.41) is 2.93. The van der Waals surface area contributed by atoms with Gasteiger partial charge in [0.25, 0.3) is 5.91 Å². The zero-order valence-corrected chi connectivity index (χ0v) is 17.8. The van der Waals surface area contributed by atoms with Crippen molar-refractivity contribution in [3.8, 4) is 0 Å². The van der Waals surface area contributed by atoms with Crippen molar-refractivity contribution in [1.82, 2.24) is 4.90 Å². The quantitative estimate of drug-likeness (QED) is 0.593. The first kappa shape index (κ1) is 19.7. The molecule has 0 spiro atoms. The fourth-order valence-electron chi connectivity index (χ4n) is 3.56. The van der Waals surface area contributed by atoms with Crippen molar-refractivity contribution in [2.24, 2.45) is 0 Å². The molecule has 1 saturated heterocycles. The predicted molar refractivity (Wildman–Crippen MR) is 122 cm³/mol. The van der Waals surface area contributed by atoms with E-state index in [1.807, 2.05) is 36.4 Å². The molecule has 0 radical (unpaired) electrons. The molecule has 1 fully saturated rings. The zero-order valence-electron chi connectivity index (χ0n) is 16.2. The number of piperazine rings is 1. The SMILES string of the molecule is O=C(Nc1ccc(Br)cc1)c1ccc(CN2CCN(c3ccccc3)CC2)cc1. The van der Waals surface area contributed by atoms with E-state index >= 15 is 0 Å². The van der Waals surface area contributed by atoms with E-state index in [2.05, 4.69) is 73.5 Å². The number of nitrogens with zero attached hydrogens (tertiary/aromatic N) is 2. The molecule has 1 aliphatic heterocycles. The molecule has 0 aliphatic carbocycles. The molecule has 1 amide bonds. The average Bonchev–Trinajstić information content (AvgIpc) is 2.77. The van der Waals surface area contributed by atoms with Gasteiger partial charge in [0.2, 0.25) is 0 Å². The van der Waals surface area contributed by atoms with Crippen LogP contribution in [0.1, 0.15) is 15.9 Å². The fourth-order valence-corrected chi connectivity index (χ4v) is 3.82. The summed E-state index contributed by atoms with van der Waals surface area (Å²) in [4.78, 5) is 17.3. The third-order valence-electron chi connectivity index (χ3n) is 5.22. The normalized spacial score (nSPS) is 14.6. The molecule has 4 nitrogen and oxygen atoms in total. The Morgan fingerprint density at radius 1 is 0.828 bits per heavy atom. The number of rotatable bonds is 5. The van der Waals surface area contributed by atoms with Gasteiger partial charge in [0.1, 0.15) is 0 Å². The van der Waals surface area contributed by atoms with Crippen molar-refractivity contribution in [1.29, 1.82) is 0 Å². The van der Waals surface area contributed by atoms with E-state index in [1.54, 1.807) is 0 Å². The van der Waals surface area contributed by atoms with Gasteiger partial charge < -0.3 is 10.2 Å². The van der Waals surface area contributed by atoms with Crippen LogP contribution in [0.3, 0.4) is 0 Å². The molecular weight excluding hydrogens is 426 g/mol. The monoisotopic (exact) mass is 449 g/mol. The summed E-state index contributed by atoms with van der Waals surface area (Å²) < 4.78 is 0.990. The second kappa shape index (κ2) is 9.25. The number of benzene rings is 3. The molecule has 0 saturated carbocycles. The number of nitrogens with one attached hydrogen (secondary N) is 1. The highest BCUT2D eigenvalue weighted by Crippen LogP contribution is 2.18.